The van der Waals surface area contributed by atoms with E-state index in [4.69, 9.17) is 19.8 Å². The maximum Gasteiger partial charge on any atom is 0.182 e. The number of pyridine rings is 1. The van der Waals surface area contributed by atoms with E-state index in [0.29, 0.717) is 23.9 Å². The zero-order valence-electron chi connectivity index (χ0n) is 20.8. The molecular weight excluding hydrogens is 474 g/mol. The maximum atomic E-state index is 14.8. The zero-order valence-corrected chi connectivity index (χ0v) is 20.8. The molecule has 0 aliphatic heterocycles. The van der Waals surface area contributed by atoms with Gasteiger partial charge in [-0.15, -0.1) is 0 Å². The van der Waals surface area contributed by atoms with Crippen LogP contribution < -0.4 is 10.1 Å². The fraction of sp³-hybridized carbons (Fsp3) is 0.214. The van der Waals surface area contributed by atoms with Crippen molar-refractivity contribution in [1.82, 2.24) is 24.7 Å². The Labute approximate surface area is 213 Å². The number of ether oxygens (including phenoxy) is 1. The Morgan fingerprint density at radius 1 is 0.946 bits per heavy atom. The SMILES string of the molecule is CCOc1cc(F)c(Cn2nc(-c3nc(C)c(CC)c(Nc4ccncc4)n3)c3ccccc32)c(F)c1. The number of aryl methyl sites for hydroxylation is 1. The molecule has 0 aliphatic rings. The minimum Gasteiger partial charge on any atom is -0.494 e. The molecule has 9 heteroatoms. The molecule has 5 aromatic rings. The molecule has 0 spiro atoms. The molecule has 3 aromatic heterocycles. The number of nitrogens with one attached hydrogen (secondary N) is 1. The maximum absolute atomic E-state index is 14.8. The van der Waals surface area contributed by atoms with Gasteiger partial charge in [0.2, 0.25) is 0 Å². The summed E-state index contributed by atoms with van der Waals surface area (Å²) < 4.78 is 36.5. The molecule has 0 saturated heterocycles. The molecule has 188 valence electrons. The molecule has 0 aliphatic carbocycles. The van der Waals surface area contributed by atoms with Gasteiger partial charge in [-0.3, -0.25) is 9.67 Å². The van der Waals surface area contributed by atoms with Crippen molar-refractivity contribution in [3.05, 3.63) is 89.4 Å². The summed E-state index contributed by atoms with van der Waals surface area (Å²) >= 11 is 0. The van der Waals surface area contributed by atoms with Crippen LogP contribution in [0.5, 0.6) is 5.75 Å². The van der Waals surface area contributed by atoms with E-state index in [1.54, 1.807) is 24.0 Å². The van der Waals surface area contributed by atoms with Crippen molar-refractivity contribution in [1.29, 1.82) is 0 Å². The second kappa shape index (κ2) is 10.3. The third kappa shape index (κ3) is 4.84. The fourth-order valence-electron chi connectivity index (χ4n) is 4.34. The highest BCUT2D eigenvalue weighted by atomic mass is 19.1. The van der Waals surface area contributed by atoms with Crippen molar-refractivity contribution in [2.75, 3.05) is 11.9 Å². The molecule has 37 heavy (non-hydrogen) atoms. The van der Waals surface area contributed by atoms with E-state index in [9.17, 15) is 8.78 Å². The smallest absolute Gasteiger partial charge is 0.182 e. The molecule has 0 unspecified atom stereocenters. The minimum atomic E-state index is -0.687. The second-order valence-electron chi connectivity index (χ2n) is 8.50. The van der Waals surface area contributed by atoms with E-state index in [2.05, 4.69) is 10.3 Å². The zero-order chi connectivity index (χ0) is 25.9. The van der Waals surface area contributed by atoms with Gasteiger partial charge < -0.3 is 10.1 Å². The summed E-state index contributed by atoms with van der Waals surface area (Å²) in [5.41, 5.74) is 3.82. The van der Waals surface area contributed by atoms with E-state index in [1.165, 1.54) is 12.1 Å². The predicted molar refractivity (Wildman–Crippen MR) is 139 cm³/mol. The van der Waals surface area contributed by atoms with Crippen molar-refractivity contribution >= 4 is 22.4 Å². The lowest BCUT2D eigenvalue weighted by Gasteiger charge is -2.13. The van der Waals surface area contributed by atoms with Gasteiger partial charge in [-0.1, -0.05) is 25.1 Å². The summed E-state index contributed by atoms with van der Waals surface area (Å²) in [5.74, 6) is -0.116. The molecule has 3 heterocycles. The van der Waals surface area contributed by atoms with Gasteiger partial charge >= 0.3 is 0 Å². The highest BCUT2D eigenvalue weighted by Gasteiger charge is 2.20. The number of aromatic nitrogens is 5. The van der Waals surface area contributed by atoms with Crippen LogP contribution >= 0.6 is 0 Å². The van der Waals surface area contributed by atoms with Gasteiger partial charge in [-0.2, -0.15) is 5.10 Å². The molecule has 0 saturated carbocycles. The van der Waals surface area contributed by atoms with Crippen molar-refractivity contribution in [3.63, 3.8) is 0 Å². The highest BCUT2D eigenvalue weighted by Crippen LogP contribution is 2.31. The number of hydrogen-bond acceptors (Lipinski definition) is 6. The molecule has 0 amide bonds. The lowest BCUT2D eigenvalue weighted by Crippen LogP contribution is -2.08. The third-order valence-electron chi connectivity index (χ3n) is 6.11. The topological polar surface area (TPSA) is 77.8 Å². The van der Waals surface area contributed by atoms with Crippen molar-refractivity contribution in [3.8, 4) is 17.3 Å². The van der Waals surface area contributed by atoms with Crippen LogP contribution in [0.2, 0.25) is 0 Å². The molecule has 1 N–H and O–H groups in total. The Morgan fingerprint density at radius 3 is 2.38 bits per heavy atom. The van der Waals surface area contributed by atoms with Gasteiger partial charge in [-0.25, -0.2) is 18.7 Å². The van der Waals surface area contributed by atoms with E-state index in [1.807, 2.05) is 50.2 Å². The largest absolute Gasteiger partial charge is 0.494 e. The fourth-order valence-corrected chi connectivity index (χ4v) is 4.34. The number of rotatable bonds is 8. The highest BCUT2D eigenvalue weighted by molar-refractivity contribution is 5.92. The van der Waals surface area contributed by atoms with Gasteiger partial charge in [0.15, 0.2) is 5.82 Å². The summed E-state index contributed by atoms with van der Waals surface area (Å²) in [6, 6.07) is 13.6. The van der Waals surface area contributed by atoms with E-state index in [-0.39, 0.29) is 17.9 Å². The van der Waals surface area contributed by atoms with Crippen LogP contribution in [-0.2, 0) is 13.0 Å². The van der Waals surface area contributed by atoms with Crippen LogP contribution in [0.4, 0.5) is 20.3 Å². The predicted octanol–water partition coefficient (Wildman–Crippen LogP) is 6.23. The molecule has 0 radical (unpaired) electrons. The standard InChI is InChI=1S/C28H26F2N6O/c1-4-20-17(3)32-28(34-27(20)33-18-10-12-31-13-11-18)26-21-8-6-7-9-25(21)36(35-26)16-22-23(29)14-19(37-5-2)15-24(22)30/h6-15H,4-5,16H2,1-3H3,(H,31,32,33,34). The van der Waals surface area contributed by atoms with E-state index in [0.717, 1.165) is 34.3 Å². The first-order valence-electron chi connectivity index (χ1n) is 12.1. The van der Waals surface area contributed by atoms with Crippen LogP contribution in [0.15, 0.2) is 60.9 Å². The van der Waals surface area contributed by atoms with Gasteiger partial charge in [-0.05, 0) is 38.5 Å². The number of anilines is 2. The average molecular weight is 501 g/mol. The molecular formula is C28H26F2N6O. The van der Waals surface area contributed by atoms with Gasteiger partial charge in [0.05, 0.1) is 18.7 Å². The molecule has 2 aromatic carbocycles. The second-order valence-corrected chi connectivity index (χ2v) is 8.50. The van der Waals surface area contributed by atoms with E-state index < -0.39 is 11.6 Å². The first kappa shape index (κ1) is 24.3. The number of halogens is 2. The Kier molecular flexibility index (Phi) is 6.76. The quantitative estimate of drug-likeness (QED) is 0.272. The minimum absolute atomic E-state index is 0.0956. The normalized spacial score (nSPS) is 11.2. The summed E-state index contributed by atoms with van der Waals surface area (Å²) in [6.07, 6.45) is 4.15. The van der Waals surface area contributed by atoms with Crippen molar-refractivity contribution in [2.45, 2.75) is 33.7 Å². The summed E-state index contributed by atoms with van der Waals surface area (Å²) in [4.78, 5) is 13.6. The van der Waals surface area contributed by atoms with E-state index >= 15 is 0 Å². The number of para-hydroxylation sites is 1. The van der Waals surface area contributed by atoms with Crippen LogP contribution in [0, 0.1) is 18.6 Å². The number of benzene rings is 2. The molecule has 0 fully saturated rings. The van der Waals surface area contributed by atoms with Gasteiger partial charge in [0.1, 0.15) is 28.9 Å². The Morgan fingerprint density at radius 2 is 1.68 bits per heavy atom. The molecule has 7 nitrogen and oxygen atoms in total. The molecule has 0 atom stereocenters. The first-order chi connectivity index (χ1) is 18.0. The molecule has 0 bridgehead atoms. The van der Waals surface area contributed by atoms with Crippen LogP contribution in [-0.4, -0.2) is 31.3 Å². The lowest BCUT2D eigenvalue weighted by atomic mass is 10.1. The summed E-state index contributed by atoms with van der Waals surface area (Å²) in [5, 5.41) is 8.88. The monoisotopic (exact) mass is 500 g/mol. The summed E-state index contributed by atoms with van der Waals surface area (Å²) in [7, 11) is 0. The number of fused-ring (bicyclic) bond motifs is 1. The summed E-state index contributed by atoms with van der Waals surface area (Å²) in [6.45, 7) is 5.97. The molecule has 5 rings (SSSR count). The number of hydrogen-bond donors (Lipinski definition) is 1. The van der Waals surface area contributed by atoms with Crippen LogP contribution in [0.25, 0.3) is 22.4 Å². The Hall–Kier alpha value is -4.40. The Balaban J connectivity index is 1.60. The first-order valence-corrected chi connectivity index (χ1v) is 12.1. The van der Waals surface area contributed by atoms with Crippen molar-refractivity contribution in [2.24, 2.45) is 0 Å². The Bertz CT molecular complexity index is 1550. The number of nitrogens with zero attached hydrogens (tertiary/aromatic N) is 5. The van der Waals surface area contributed by atoms with Crippen LogP contribution in [0.3, 0.4) is 0 Å². The lowest BCUT2D eigenvalue weighted by molar-refractivity contribution is 0.335. The van der Waals surface area contributed by atoms with Crippen LogP contribution in [0.1, 0.15) is 30.7 Å². The third-order valence-corrected chi connectivity index (χ3v) is 6.11. The van der Waals surface area contributed by atoms with Gasteiger partial charge in [0, 0.05) is 52.4 Å². The van der Waals surface area contributed by atoms with Crippen molar-refractivity contribution < 1.29 is 13.5 Å². The average Bonchev–Trinajstić information content (AvgIpc) is 3.25. The van der Waals surface area contributed by atoms with Gasteiger partial charge in [0.25, 0.3) is 0 Å².